The first-order valence-corrected chi connectivity index (χ1v) is 13.3. The zero-order valence-corrected chi connectivity index (χ0v) is 22.2. The van der Waals surface area contributed by atoms with Gasteiger partial charge in [-0.2, -0.15) is 0 Å². The van der Waals surface area contributed by atoms with Crippen molar-refractivity contribution in [2.45, 2.75) is 40.0 Å². The molecular formula is C36H35N. The quantitative estimate of drug-likeness (QED) is 0.239. The number of aryl methyl sites for hydroxylation is 1. The average molecular weight is 482 g/mol. The van der Waals surface area contributed by atoms with E-state index in [-0.39, 0.29) is 0 Å². The highest BCUT2D eigenvalue weighted by Gasteiger charge is 2.17. The van der Waals surface area contributed by atoms with Crippen LogP contribution in [-0.4, -0.2) is 0 Å². The van der Waals surface area contributed by atoms with Crippen molar-refractivity contribution in [2.24, 2.45) is 0 Å². The Hall–Kier alpha value is -4.10. The molecule has 4 aromatic rings. The van der Waals surface area contributed by atoms with Gasteiger partial charge < -0.3 is 4.90 Å². The molecule has 37 heavy (non-hydrogen) atoms. The second-order valence-corrected chi connectivity index (χ2v) is 9.67. The van der Waals surface area contributed by atoms with Gasteiger partial charge in [-0.1, -0.05) is 99.0 Å². The van der Waals surface area contributed by atoms with Crippen LogP contribution in [0.25, 0.3) is 45.2 Å². The molecule has 0 radical (unpaired) electrons. The average Bonchev–Trinajstić information content (AvgIpc) is 2.96. The van der Waals surface area contributed by atoms with Gasteiger partial charge in [0.05, 0.1) is 0 Å². The van der Waals surface area contributed by atoms with E-state index in [0.717, 1.165) is 36.3 Å². The van der Waals surface area contributed by atoms with Gasteiger partial charge in [-0.3, -0.25) is 0 Å². The fourth-order valence-corrected chi connectivity index (χ4v) is 5.52. The van der Waals surface area contributed by atoms with Gasteiger partial charge in [-0.15, -0.1) is 0 Å². The zero-order valence-electron chi connectivity index (χ0n) is 22.2. The lowest BCUT2D eigenvalue weighted by molar-refractivity contribution is 1.10. The number of benzene rings is 4. The molecule has 0 unspecified atom stereocenters. The van der Waals surface area contributed by atoms with E-state index in [2.05, 4.69) is 130 Å². The van der Waals surface area contributed by atoms with Gasteiger partial charge in [0.2, 0.25) is 0 Å². The van der Waals surface area contributed by atoms with Gasteiger partial charge >= 0.3 is 0 Å². The summed E-state index contributed by atoms with van der Waals surface area (Å²) in [6.07, 6.45) is 12.0. The lowest BCUT2D eigenvalue weighted by Crippen LogP contribution is -2.31. The summed E-state index contributed by atoms with van der Waals surface area (Å²) < 4.78 is 0. The molecule has 1 aliphatic rings. The number of rotatable bonds is 7. The molecule has 5 rings (SSSR count). The van der Waals surface area contributed by atoms with Gasteiger partial charge in [0.15, 0.2) is 0 Å². The zero-order chi connectivity index (χ0) is 25.9. The Bertz CT molecular complexity index is 1650. The van der Waals surface area contributed by atoms with E-state index in [1.54, 1.807) is 0 Å². The van der Waals surface area contributed by atoms with Gasteiger partial charge in [-0.25, -0.2) is 0 Å². The van der Waals surface area contributed by atoms with Crippen molar-refractivity contribution in [3.8, 4) is 22.3 Å². The number of hydrogen-bond donors (Lipinski definition) is 0. The summed E-state index contributed by atoms with van der Waals surface area (Å²) in [6.45, 7) is 14.5. The highest BCUT2D eigenvalue weighted by molar-refractivity contribution is 6.06. The van der Waals surface area contributed by atoms with Gasteiger partial charge in [0.1, 0.15) is 0 Å². The standard InChI is InChI=1S/C36H35N/c1-6-25(4)37(26(5)7-2)30-22-20-28(21-23-30)35-31-16-9-11-18-33(31)36(34-19-12-10-17-32(34)35)29-15-13-14-27(8-3)24-29/h6-7,9,11,13-24H,1,4,8,10,12H2,2-3,5H3/b26-7+. The molecule has 1 aliphatic carbocycles. The molecule has 0 fully saturated rings. The molecule has 0 N–H and O–H groups in total. The van der Waals surface area contributed by atoms with Crippen molar-refractivity contribution in [1.29, 1.82) is 0 Å². The molecule has 0 aliphatic heterocycles. The summed E-state index contributed by atoms with van der Waals surface area (Å²) in [4.78, 5) is 2.15. The van der Waals surface area contributed by atoms with Crippen molar-refractivity contribution in [3.63, 3.8) is 0 Å². The molecule has 1 heteroatoms. The van der Waals surface area contributed by atoms with Crippen molar-refractivity contribution in [1.82, 2.24) is 0 Å². The largest absolute Gasteiger partial charge is 0.315 e. The molecule has 0 amide bonds. The number of allylic oxidation sites excluding steroid dienone is 3. The molecule has 0 atom stereocenters. The molecule has 0 bridgehead atoms. The Morgan fingerprint density at radius 3 is 2.03 bits per heavy atom. The minimum Gasteiger partial charge on any atom is -0.315 e. The highest BCUT2D eigenvalue weighted by atomic mass is 15.1. The lowest BCUT2D eigenvalue weighted by atomic mass is 9.86. The third-order valence-corrected chi connectivity index (χ3v) is 7.49. The fraction of sp³-hybridized carbons (Fsp3) is 0.167. The SMILES string of the molecule is C=CC(=C)N(/C(C)=C/C)c1ccc(-c2c3c(c(-c4cccc(CC)c4)c4ccccc24)=CCCC=3)cc1. The molecule has 0 aromatic heterocycles. The van der Waals surface area contributed by atoms with Crippen LogP contribution in [-0.2, 0) is 6.42 Å². The van der Waals surface area contributed by atoms with Crippen LogP contribution in [0.2, 0.25) is 0 Å². The summed E-state index contributed by atoms with van der Waals surface area (Å²) >= 11 is 0. The molecule has 4 aromatic carbocycles. The maximum Gasteiger partial charge on any atom is 0.0458 e. The second kappa shape index (κ2) is 10.5. The smallest absolute Gasteiger partial charge is 0.0458 e. The number of nitrogens with zero attached hydrogens (tertiary/aromatic N) is 1. The van der Waals surface area contributed by atoms with Crippen molar-refractivity contribution < 1.29 is 0 Å². The molecule has 0 spiro atoms. The van der Waals surface area contributed by atoms with Crippen molar-refractivity contribution in [2.75, 3.05) is 4.90 Å². The molecule has 0 saturated carbocycles. The number of anilines is 1. The van der Waals surface area contributed by atoms with E-state index in [0.29, 0.717) is 0 Å². The van der Waals surface area contributed by atoms with Crippen molar-refractivity contribution >= 4 is 28.6 Å². The van der Waals surface area contributed by atoms with Gasteiger partial charge in [0, 0.05) is 17.1 Å². The summed E-state index contributed by atoms with van der Waals surface area (Å²) in [6, 6.07) is 26.9. The monoisotopic (exact) mass is 481 g/mol. The van der Waals surface area contributed by atoms with Crippen LogP contribution in [0.15, 0.2) is 110 Å². The maximum atomic E-state index is 4.21. The van der Waals surface area contributed by atoms with E-state index >= 15 is 0 Å². The first-order valence-electron chi connectivity index (χ1n) is 13.3. The highest BCUT2D eigenvalue weighted by Crippen LogP contribution is 2.34. The summed E-state index contributed by atoms with van der Waals surface area (Å²) in [5.74, 6) is 0. The Kier molecular flexibility index (Phi) is 6.97. The Balaban J connectivity index is 1.77. The van der Waals surface area contributed by atoms with Crippen LogP contribution in [0.1, 0.15) is 39.2 Å². The Morgan fingerprint density at radius 1 is 0.838 bits per heavy atom. The molecular weight excluding hydrogens is 446 g/mol. The normalized spacial score (nSPS) is 12.9. The Morgan fingerprint density at radius 2 is 1.46 bits per heavy atom. The first kappa shape index (κ1) is 24.6. The predicted molar refractivity (Wildman–Crippen MR) is 163 cm³/mol. The second-order valence-electron chi connectivity index (χ2n) is 9.67. The third kappa shape index (κ3) is 4.47. The lowest BCUT2D eigenvalue weighted by Gasteiger charge is -2.26. The number of fused-ring (bicyclic) bond motifs is 2. The van der Waals surface area contributed by atoms with E-state index < -0.39 is 0 Å². The van der Waals surface area contributed by atoms with Crippen LogP contribution in [0.5, 0.6) is 0 Å². The fourth-order valence-electron chi connectivity index (χ4n) is 5.52. The minimum atomic E-state index is 0.868. The Labute approximate surface area is 221 Å². The van der Waals surface area contributed by atoms with E-state index in [1.807, 2.05) is 6.08 Å². The minimum absolute atomic E-state index is 0.868. The first-order chi connectivity index (χ1) is 18.1. The molecule has 184 valence electrons. The van der Waals surface area contributed by atoms with E-state index in [1.165, 1.54) is 49.0 Å². The maximum absolute atomic E-state index is 4.21. The van der Waals surface area contributed by atoms with Gasteiger partial charge in [-0.05, 0) is 100 Å². The van der Waals surface area contributed by atoms with E-state index in [4.69, 9.17) is 0 Å². The van der Waals surface area contributed by atoms with Crippen LogP contribution in [0, 0.1) is 0 Å². The van der Waals surface area contributed by atoms with Crippen LogP contribution in [0.3, 0.4) is 0 Å². The van der Waals surface area contributed by atoms with Gasteiger partial charge in [0.25, 0.3) is 0 Å². The topological polar surface area (TPSA) is 3.24 Å². The third-order valence-electron chi connectivity index (χ3n) is 7.49. The molecule has 1 nitrogen and oxygen atoms in total. The summed E-state index contributed by atoms with van der Waals surface area (Å²) in [5, 5.41) is 5.33. The van der Waals surface area contributed by atoms with Crippen LogP contribution < -0.4 is 15.3 Å². The molecule has 0 saturated heterocycles. The van der Waals surface area contributed by atoms with Crippen LogP contribution >= 0.6 is 0 Å². The van der Waals surface area contributed by atoms with Crippen molar-refractivity contribution in [3.05, 3.63) is 126 Å². The van der Waals surface area contributed by atoms with E-state index in [9.17, 15) is 0 Å². The summed E-state index contributed by atoms with van der Waals surface area (Å²) in [7, 11) is 0. The van der Waals surface area contributed by atoms with Crippen LogP contribution in [0.4, 0.5) is 5.69 Å². The summed E-state index contributed by atoms with van der Waals surface area (Å²) in [5.41, 5.74) is 9.67. The number of hydrogen-bond acceptors (Lipinski definition) is 1. The molecule has 0 heterocycles. The predicted octanol–water partition coefficient (Wildman–Crippen LogP) is 8.52.